The summed E-state index contributed by atoms with van der Waals surface area (Å²) < 4.78 is 0. The standard InChI is InChI=1S/C5H11N5/c1-5(8-4-7)10-9-3-2-6/h9H,2-3,6H2,1H3,(H,8,10). The molecule has 0 aromatic carbocycles. The molecule has 5 nitrogen and oxygen atoms in total. The summed E-state index contributed by atoms with van der Waals surface area (Å²) in [4.78, 5) is 3.40. The molecule has 0 atom stereocenters. The average Bonchev–Trinajstić information content (AvgIpc) is 1.89. The van der Waals surface area contributed by atoms with E-state index in [2.05, 4.69) is 15.8 Å². The largest absolute Gasteiger partial charge is 0.329 e. The minimum atomic E-state index is 0.538. The topological polar surface area (TPSA) is 86.2 Å². The molecule has 0 rings (SSSR count). The van der Waals surface area contributed by atoms with E-state index in [0.29, 0.717) is 18.9 Å². The van der Waals surface area contributed by atoms with Crippen molar-refractivity contribution >= 4 is 5.84 Å². The second-order valence-electron chi connectivity index (χ2n) is 1.64. The molecule has 56 valence electrons. The second kappa shape index (κ2) is 6.01. The fourth-order valence-electron chi connectivity index (χ4n) is 0.366. The first kappa shape index (κ1) is 8.88. The van der Waals surface area contributed by atoms with Crippen molar-refractivity contribution in [1.82, 2.24) is 10.9 Å². The molecule has 0 saturated heterocycles. The van der Waals surface area contributed by atoms with Crippen LogP contribution in [0.1, 0.15) is 6.92 Å². The van der Waals surface area contributed by atoms with Crippen molar-refractivity contribution in [2.24, 2.45) is 10.7 Å². The molecular formula is C5H11N5. The van der Waals surface area contributed by atoms with Crippen LogP contribution in [-0.2, 0) is 0 Å². The number of aliphatic imine (C=N–C) groups is 1. The van der Waals surface area contributed by atoms with E-state index < -0.39 is 0 Å². The first-order valence-corrected chi connectivity index (χ1v) is 2.93. The molecule has 0 aromatic rings. The SMILES string of the molecule is CC(=NC#N)NNCCN. The Hall–Kier alpha value is -1.12. The molecule has 0 bridgehead atoms. The fourth-order valence-corrected chi connectivity index (χ4v) is 0.366. The summed E-state index contributed by atoms with van der Waals surface area (Å²) in [6.07, 6.45) is 1.65. The second-order valence-corrected chi connectivity index (χ2v) is 1.64. The van der Waals surface area contributed by atoms with Crippen LogP contribution in [0.25, 0.3) is 0 Å². The van der Waals surface area contributed by atoms with Crippen LogP contribution >= 0.6 is 0 Å². The van der Waals surface area contributed by atoms with Crippen LogP contribution in [0.15, 0.2) is 4.99 Å². The molecular weight excluding hydrogens is 130 g/mol. The molecule has 5 heteroatoms. The quantitative estimate of drug-likeness (QED) is 0.154. The van der Waals surface area contributed by atoms with E-state index in [4.69, 9.17) is 11.0 Å². The van der Waals surface area contributed by atoms with E-state index in [1.54, 1.807) is 13.1 Å². The van der Waals surface area contributed by atoms with Crippen LogP contribution in [0.2, 0.25) is 0 Å². The predicted molar refractivity (Wildman–Crippen MR) is 38.9 cm³/mol. The van der Waals surface area contributed by atoms with Crippen LogP contribution in [-0.4, -0.2) is 18.9 Å². The van der Waals surface area contributed by atoms with Gasteiger partial charge in [-0.25, -0.2) is 5.43 Å². The molecule has 0 aromatic heterocycles. The third-order valence-electron chi connectivity index (χ3n) is 0.756. The van der Waals surface area contributed by atoms with Gasteiger partial charge in [-0.1, -0.05) is 0 Å². The number of hydrogen-bond donors (Lipinski definition) is 3. The summed E-state index contributed by atoms with van der Waals surface area (Å²) in [5, 5.41) is 8.06. The minimum Gasteiger partial charge on any atom is -0.329 e. The van der Waals surface area contributed by atoms with E-state index in [1.807, 2.05) is 0 Å². The fraction of sp³-hybridized carbons (Fsp3) is 0.600. The highest BCUT2D eigenvalue weighted by Gasteiger charge is 1.84. The number of nitrogens with zero attached hydrogens (tertiary/aromatic N) is 2. The summed E-state index contributed by atoms with van der Waals surface area (Å²) in [6, 6.07) is 0. The molecule has 0 saturated carbocycles. The summed E-state index contributed by atoms with van der Waals surface area (Å²) >= 11 is 0. The van der Waals surface area contributed by atoms with Gasteiger partial charge in [-0.15, -0.1) is 0 Å². The Morgan fingerprint density at radius 3 is 3.00 bits per heavy atom. The zero-order chi connectivity index (χ0) is 7.82. The zero-order valence-corrected chi connectivity index (χ0v) is 5.89. The third-order valence-corrected chi connectivity index (χ3v) is 0.756. The van der Waals surface area contributed by atoms with Crippen LogP contribution in [0.5, 0.6) is 0 Å². The summed E-state index contributed by atoms with van der Waals surface area (Å²) in [7, 11) is 0. The summed E-state index contributed by atoms with van der Waals surface area (Å²) in [5.74, 6) is 0.538. The van der Waals surface area contributed by atoms with Crippen molar-refractivity contribution in [2.45, 2.75) is 6.92 Å². The molecule has 0 spiro atoms. The summed E-state index contributed by atoms with van der Waals surface area (Å²) in [6.45, 7) is 2.89. The number of amidine groups is 1. The maximum absolute atomic E-state index is 8.06. The van der Waals surface area contributed by atoms with Gasteiger partial charge in [0.2, 0.25) is 6.19 Å². The monoisotopic (exact) mass is 141 g/mol. The number of nitrogens with one attached hydrogen (secondary N) is 2. The highest BCUT2D eigenvalue weighted by atomic mass is 15.4. The zero-order valence-electron chi connectivity index (χ0n) is 5.89. The van der Waals surface area contributed by atoms with Gasteiger partial charge in [-0.05, 0) is 6.92 Å². The van der Waals surface area contributed by atoms with Crippen LogP contribution in [0.3, 0.4) is 0 Å². The molecule has 10 heavy (non-hydrogen) atoms. The average molecular weight is 141 g/mol. The van der Waals surface area contributed by atoms with E-state index in [-0.39, 0.29) is 0 Å². The first-order chi connectivity index (χ1) is 4.81. The summed E-state index contributed by atoms with van der Waals surface area (Å²) in [5.41, 5.74) is 10.6. The minimum absolute atomic E-state index is 0.538. The van der Waals surface area contributed by atoms with Gasteiger partial charge in [0.15, 0.2) is 0 Å². The highest BCUT2D eigenvalue weighted by molar-refractivity contribution is 5.79. The Morgan fingerprint density at radius 2 is 2.50 bits per heavy atom. The van der Waals surface area contributed by atoms with Crippen molar-refractivity contribution in [2.75, 3.05) is 13.1 Å². The lowest BCUT2D eigenvalue weighted by Gasteiger charge is -2.03. The van der Waals surface area contributed by atoms with E-state index in [9.17, 15) is 0 Å². The van der Waals surface area contributed by atoms with Gasteiger partial charge in [0, 0.05) is 13.1 Å². The predicted octanol–water partition coefficient (Wildman–Crippen LogP) is -1.06. The van der Waals surface area contributed by atoms with Gasteiger partial charge in [-0.2, -0.15) is 10.3 Å². The number of rotatable bonds is 3. The van der Waals surface area contributed by atoms with Crippen molar-refractivity contribution in [3.63, 3.8) is 0 Å². The van der Waals surface area contributed by atoms with Gasteiger partial charge in [-0.3, -0.25) is 0 Å². The lowest BCUT2D eigenvalue weighted by Crippen LogP contribution is -2.38. The molecule has 0 fully saturated rings. The molecule has 0 radical (unpaired) electrons. The van der Waals surface area contributed by atoms with Gasteiger partial charge in [0.1, 0.15) is 5.84 Å². The molecule has 0 aliphatic heterocycles. The lowest BCUT2D eigenvalue weighted by atomic mass is 10.7. The maximum atomic E-state index is 8.06. The molecule has 0 amide bonds. The Morgan fingerprint density at radius 1 is 1.80 bits per heavy atom. The Labute approximate surface area is 59.9 Å². The number of nitriles is 1. The van der Waals surface area contributed by atoms with Crippen molar-refractivity contribution in [3.8, 4) is 6.19 Å². The van der Waals surface area contributed by atoms with Gasteiger partial charge in [0.05, 0.1) is 0 Å². The third kappa shape index (κ3) is 5.03. The first-order valence-electron chi connectivity index (χ1n) is 2.93. The molecule has 0 aliphatic rings. The van der Waals surface area contributed by atoms with Gasteiger partial charge >= 0.3 is 0 Å². The van der Waals surface area contributed by atoms with Crippen LogP contribution < -0.4 is 16.6 Å². The van der Waals surface area contributed by atoms with E-state index in [0.717, 1.165) is 0 Å². The van der Waals surface area contributed by atoms with Crippen molar-refractivity contribution in [3.05, 3.63) is 0 Å². The molecule has 0 unspecified atom stereocenters. The molecule has 0 aliphatic carbocycles. The Kier molecular flexibility index (Phi) is 5.33. The molecule has 0 heterocycles. The lowest BCUT2D eigenvalue weighted by molar-refractivity contribution is 0.656. The number of nitrogens with two attached hydrogens (primary N) is 1. The normalized spacial score (nSPS) is 10.7. The van der Waals surface area contributed by atoms with Crippen molar-refractivity contribution in [1.29, 1.82) is 5.26 Å². The van der Waals surface area contributed by atoms with Crippen LogP contribution in [0.4, 0.5) is 0 Å². The number of hydrazine groups is 1. The van der Waals surface area contributed by atoms with Gasteiger partial charge < -0.3 is 11.2 Å². The smallest absolute Gasteiger partial charge is 0.207 e. The maximum Gasteiger partial charge on any atom is 0.207 e. The number of hydrogen-bond acceptors (Lipinski definition) is 4. The van der Waals surface area contributed by atoms with Gasteiger partial charge in [0.25, 0.3) is 0 Å². The van der Waals surface area contributed by atoms with Crippen molar-refractivity contribution < 1.29 is 0 Å². The van der Waals surface area contributed by atoms with E-state index in [1.165, 1.54) is 0 Å². The van der Waals surface area contributed by atoms with Crippen LogP contribution in [0, 0.1) is 11.5 Å². The molecule has 4 N–H and O–H groups in total. The van der Waals surface area contributed by atoms with E-state index >= 15 is 0 Å². The highest BCUT2D eigenvalue weighted by Crippen LogP contribution is 1.65. The Bertz CT molecular complexity index is 145. The Balaban J connectivity index is 3.32.